The Morgan fingerprint density at radius 3 is 2.62 bits per heavy atom. The molecule has 0 saturated carbocycles. The summed E-state index contributed by atoms with van der Waals surface area (Å²) in [6, 6.07) is 8.58. The highest BCUT2D eigenvalue weighted by atomic mass is 28.4. The van der Waals surface area contributed by atoms with E-state index in [0.29, 0.717) is 5.56 Å². The molecule has 0 amide bonds. The van der Waals surface area contributed by atoms with Crippen molar-refractivity contribution in [2.24, 2.45) is 0 Å². The Morgan fingerprint density at radius 2 is 2.00 bits per heavy atom. The molecule has 0 radical (unpaired) electrons. The van der Waals surface area contributed by atoms with E-state index in [1.807, 2.05) is 18.2 Å². The van der Waals surface area contributed by atoms with Gasteiger partial charge < -0.3 is 4.43 Å². The zero-order valence-electron chi connectivity index (χ0n) is 10.3. The Hall–Kier alpha value is -1.09. The second-order valence-corrected chi connectivity index (χ2v) is 8.84. The van der Waals surface area contributed by atoms with E-state index in [-0.39, 0.29) is 0 Å². The summed E-state index contributed by atoms with van der Waals surface area (Å²) in [5, 5.41) is 0. The summed E-state index contributed by atoms with van der Waals surface area (Å²) in [6.45, 7) is 6.58. The molecule has 0 atom stereocenters. The lowest BCUT2D eigenvalue weighted by molar-refractivity contribution is 0.112. The van der Waals surface area contributed by atoms with Crippen LogP contribution in [-0.4, -0.2) is 14.6 Å². The molecule has 1 aromatic carbocycles. The molecule has 0 heterocycles. The van der Waals surface area contributed by atoms with Gasteiger partial charge >= 0.3 is 0 Å². The SMILES string of the molecule is CCCC[Si](C)(C)Oc1ccccc1C=O. The topological polar surface area (TPSA) is 26.3 Å². The van der Waals surface area contributed by atoms with E-state index in [1.165, 1.54) is 12.8 Å². The van der Waals surface area contributed by atoms with Crippen molar-refractivity contribution in [3.8, 4) is 5.75 Å². The first-order valence-corrected chi connectivity index (χ1v) is 8.94. The fourth-order valence-corrected chi connectivity index (χ4v) is 3.71. The first kappa shape index (κ1) is 13.0. The van der Waals surface area contributed by atoms with Gasteiger partial charge in [0, 0.05) is 0 Å². The van der Waals surface area contributed by atoms with Crippen molar-refractivity contribution in [1.82, 2.24) is 0 Å². The Balaban J connectivity index is 2.74. The maximum Gasteiger partial charge on any atom is 0.245 e. The average Bonchev–Trinajstić information content (AvgIpc) is 2.27. The maximum absolute atomic E-state index is 10.9. The van der Waals surface area contributed by atoms with Crippen LogP contribution in [0.2, 0.25) is 19.1 Å². The number of unbranched alkanes of at least 4 members (excludes halogenated alkanes) is 1. The Morgan fingerprint density at radius 1 is 1.31 bits per heavy atom. The van der Waals surface area contributed by atoms with E-state index in [4.69, 9.17) is 4.43 Å². The molecule has 88 valence electrons. The van der Waals surface area contributed by atoms with E-state index in [1.54, 1.807) is 6.07 Å². The largest absolute Gasteiger partial charge is 0.544 e. The minimum absolute atomic E-state index is 0.652. The minimum atomic E-state index is -1.67. The van der Waals surface area contributed by atoms with Gasteiger partial charge in [0.1, 0.15) is 5.75 Å². The van der Waals surface area contributed by atoms with Gasteiger partial charge in [-0.3, -0.25) is 4.79 Å². The Labute approximate surface area is 98.8 Å². The first-order valence-electron chi connectivity index (χ1n) is 5.82. The van der Waals surface area contributed by atoms with Crippen molar-refractivity contribution in [2.75, 3.05) is 0 Å². The van der Waals surface area contributed by atoms with Gasteiger partial charge in [0.15, 0.2) is 6.29 Å². The highest BCUT2D eigenvalue weighted by molar-refractivity contribution is 6.71. The molecular weight excluding hydrogens is 216 g/mol. The van der Waals surface area contributed by atoms with Gasteiger partial charge in [-0.15, -0.1) is 0 Å². The number of hydrogen-bond acceptors (Lipinski definition) is 2. The predicted octanol–water partition coefficient (Wildman–Crippen LogP) is 3.88. The molecule has 0 aromatic heterocycles. The van der Waals surface area contributed by atoms with Gasteiger partial charge in [-0.25, -0.2) is 0 Å². The molecule has 1 aromatic rings. The molecule has 0 bridgehead atoms. The van der Waals surface area contributed by atoms with Crippen LogP contribution in [0.15, 0.2) is 24.3 Å². The molecule has 0 saturated heterocycles. The lowest BCUT2D eigenvalue weighted by atomic mass is 10.2. The van der Waals surface area contributed by atoms with Crippen molar-refractivity contribution >= 4 is 14.6 Å². The number of aldehydes is 1. The predicted molar refractivity (Wildman–Crippen MR) is 69.7 cm³/mol. The fourth-order valence-electron chi connectivity index (χ4n) is 1.62. The van der Waals surface area contributed by atoms with Gasteiger partial charge in [-0.1, -0.05) is 31.9 Å². The van der Waals surface area contributed by atoms with Crippen LogP contribution in [0.25, 0.3) is 0 Å². The first-order chi connectivity index (χ1) is 7.59. The third-order valence-corrected chi connectivity index (χ3v) is 4.89. The molecule has 1 rings (SSSR count). The Bertz CT molecular complexity index is 348. The molecule has 0 aliphatic heterocycles. The molecule has 0 spiro atoms. The normalized spacial score (nSPS) is 11.2. The number of benzene rings is 1. The van der Waals surface area contributed by atoms with Crippen molar-refractivity contribution < 1.29 is 9.22 Å². The summed E-state index contributed by atoms with van der Waals surface area (Å²) in [5.74, 6) is 0.741. The van der Waals surface area contributed by atoms with E-state index in [9.17, 15) is 4.79 Å². The van der Waals surface area contributed by atoms with Crippen LogP contribution in [-0.2, 0) is 0 Å². The van der Waals surface area contributed by atoms with Gasteiger partial charge in [0.05, 0.1) is 5.56 Å². The van der Waals surface area contributed by atoms with Crippen molar-refractivity contribution in [3.05, 3.63) is 29.8 Å². The molecule has 2 nitrogen and oxygen atoms in total. The molecule has 16 heavy (non-hydrogen) atoms. The lowest BCUT2D eigenvalue weighted by Crippen LogP contribution is -2.34. The zero-order valence-corrected chi connectivity index (χ0v) is 11.3. The summed E-state index contributed by atoms with van der Waals surface area (Å²) >= 11 is 0. The monoisotopic (exact) mass is 236 g/mol. The van der Waals surface area contributed by atoms with Crippen molar-refractivity contribution in [1.29, 1.82) is 0 Å². The summed E-state index contributed by atoms with van der Waals surface area (Å²) in [6.07, 6.45) is 3.25. The van der Waals surface area contributed by atoms with Gasteiger partial charge in [0.25, 0.3) is 0 Å². The summed E-state index contributed by atoms with van der Waals surface area (Å²) in [5.41, 5.74) is 0.652. The Kier molecular flexibility index (Phi) is 4.74. The molecule has 3 heteroatoms. The number of hydrogen-bond donors (Lipinski definition) is 0. The minimum Gasteiger partial charge on any atom is -0.544 e. The summed E-state index contributed by atoms with van der Waals surface area (Å²) < 4.78 is 6.03. The second-order valence-electron chi connectivity index (χ2n) is 4.62. The van der Waals surface area contributed by atoms with Crippen LogP contribution < -0.4 is 4.43 Å². The maximum atomic E-state index is 10.9. The van der Waals surface area contributed by atoms with Crippen LogP contribution in [0, 0.1) is 0 Å². The quantitative estimate of drug-likeness (QED) is 0.553. The third-order valence-electron chi connectivity index (χ3n) is 2.56. The fraction of sp³-hybridized carbons (Fsp3) is 0.462. The average molecular weight is 236 g/mol. The van der Waals surface area contributed by atoms with Gasteiger partial charge in [-0.05, 0) is 31.3 Å². The summed E-state index contributed by atoms with van der Waals surface area (Å²) in [4.78, 5) is 10.9. The molecule has 0 aliphatic rings. The second kappa shape index (κ2) is 5.85. The highest BCUT2D eigenvalue weighted by Crippen LogP contribution is 2.23. The van der Waals surface area contributed by atoms with Crippen LogP contribution in [0.5, 0.6) is 5.75 Å². The zero-order chi connectivity index (χ0) is 12.0. The van der Waals surface area contributed by atoms with E-state index in [2.05, 4.69) is 20.0 Å². The van der Waals surface area contributed by atoms with E-state index in [0.717, 1.165) is 18.1 Å². The molecule has 0 N–H and O–H groups in total. The summed E-state index contributed by atoms with van der Waals surface area (Å²) in [7, 11) is -1.67. The van der Waals surface area contributed by atoms with E-state index >= 15 is 0 Å². The molecule has 0 fully saturated rings. The number of para-hydroxylation sites is 1. The smallest absolute Gasteiger partial charge is 0.245 e. The van der Waals surface area contributed by atoms with Crippen molar-refractivity contribution in [3.63, 3.8) is 0 Å². The number of carbonyl (C=O) groups excluding carboxylic acids is 1. The number of rotatable bonds is 6. The third kappa shape index (κ3) is 3.81. The highest BCUT2D eigenvalue weighted by Gasteiger charge is 2.24. The van der Waals surface area contributed by atoms with Gasteiger partial charge in [-0.2, -0.15) is 0 Å². The van der Waals surface area contributed by atoms with Crippen LogP contribution >= 0.6 is 0 Å². The van der Waals surface area contributed by atoms with E-state index < -0.39 is 8.32 Å². The number of carbonyl (C=O) groups is 1. The van der Waals surface area contributed by atoms with Crippen molar-refractivity contribution in [2.45, 2.75) is 38.9 Å². The van der Waals surface area contributed by atoms with Crippen LogP contribution in [0.3, 0.4) is 0 Å². The molecule has 0 aliphatic carbocycles. The van der Waals surface area contributed by atoms with Gasteiger partial charge in [0.2, 0.25) is 8.32 Å². The standard InChI is InChI=1S/C13H20O2Si/c1-4-5-10-16(2,3)15-13-9-7-6-8-12(13)11-14/h6-9,11H,4-5,10H2,1-3H3. The molecule has 0 unspecified atom stereocenters. The lowest BCUT2D eigenvalue weighted by Gasteiger charge is -2.24. The molecular formula is C13H20O2Si. The van der Waals surface area contributed by atoms with Crippen LogP contribution in [0.4, 0.5) is 0 Å². The van der Waals surface area contributed by atoms with Crippen LogP contribution in [0.1, 0.15) is 30.1 Å².